The second-order valence-corrected chi connectivity index (χ2v) is 5.04. The summed E-state index contributed by atoms with van der Waals surface area (Å²) >= 11 is 1.90. The Kier molecular flexibility index (Phi) is 2.53. The molecule has 1 nitrogen and oxygen atoms in total. The first-order valence-electron chi connectivity index (χ1n) is 4.16. The van der Waals surface area contributed by atoms with Gasteiger partial charge in [0.25, 0.3) is 0 Å². The number of hydrogen-bond donors (Lipinski definition) is 1. The Labute approximate surface area is 73.6 Å². The molecule has 1 aliphatic heterocycles. The molecule has 64 valence electrons. The summed E-state index contributed by atoms with van der Waals surface area (Å²) in [5.41, 5.74) is 1.67. The molecule has 0 saturated heterocycles. The van der Waals surface area contributed by atoms with Crippen LogP contribution in [0.5, 0.6) is 0 Å². The van der Waals surface area contributed by atoms with Crippen LogP contribution in [0.1, 0.15) is 34.1 Å². The molecule has 0 aliphatic carbocycles. The summed E-state index contributed by atoms with van der Waals surface area (Å²) in [6.07, 6.45) is 1.20. The largest absolute Gasteiger partial charge is 0.375 e. The Morgan fingerprint density at radius 2 is 2.18 bits per heavy atom. The molecule has 0 aromatic carbocycles. The van der Waals surface area contributed by atoms with Crippen molar-refractivity contribution in [1.29, 1.82) is 0 Å². The maximum Gasteiger partial charge on any atom is 0.0758 e. The van der Waals surface area contributed by atoms with Gasteiger partial charge in [-0.25, -0.2) is 0 Å². The number of rotatable bonds is 1. The second-order valence-electron chi connectivity index (χ2n) is 3.96. The molecule has 1 rings (SSSR count). The lowest BCUT2D eigenvalue weighted by Crippen LogP contribution is -2.26. The van der Waals surface area contributed by atoms with Gasteiger partial charge in [-0.1, -0.05) is 27.7 Å². The van der Waals surface area contributed by atoms with Gasteiger partial charge in [0.2, 0.25) is 0 Å². The van der Waals surface area contributed by atoms with E-state index in [4.69, 9.17) is 0 Å². The fourth-order valence-corrected chi connectivity index (χ4v) is 2.09. The molecule has 1 N–H and O–H groups in total. The third kappa shape index (κ3) is 2.16. The van der Waals surface area contributed by atoms with Crippen molar-refractivity contribution >= 4 is 11.8 Å². The monoisotopic (exact) mass is 171 g/mol. The van der Waals surface area contributed by atoms with Gasteiger partial charge in [-0.15, -0.1) is 11.8 Å². The first kappa shape index (κ1) is 8.98. The van der Waals surface area contributed by atoms with Crippen LogP contribution < -0.4 is 5.32 Å². The molecule has 0 saturated carbocycles. The Balaban J connectivity index is 2.53. The molecule has 0 amide bonds. The third-order valence-corrected chi connectivity index (χ3v) is 3.00. The highest BCUT2D eigenvalue weighted by molar-refractivity contribution is 8.02. The molecule has 1 atom stereocenters. The average molecular weight is 171 g/mol. The van der Waals surface area contributed by atoms with Crippen molar-refractivity contribution in [2.45, 2.75) is 39.5 Å². The van der Waals surface area contributed by atoms with Crippen LogP contribution in [-0.4, -0.2) is 5.37 Å². The number of hydrogen-bond acceptors (Lipinski definition) is 2. The van der Waals surface area contributed by atoms with Crippen LogP contribution in [0.4, 0.5) is 0 Å². The van der Waals surface area contributed by atoms with Crippen LogP contribution in [0.15, 0.2) is 11.1 Å². The summed E-state index contributed by atoms with van der Waals surface area (Å²) in [7, 11) is 0. The fourth-order valence-electron chi connectivity index (χ4n) is 0.983. The lowest BCUT2D eigenvalue weighted by Gasteiger charge is -2.22. The van der Waals surface area contributed by atoms with Crippen LogP contribution in [-0.2, 0) is 0 Å². The summed E-state index contributed by atoms with van der Waals surface area (Å²) in [6.45, 7) is 8.93. The summed E-state index contributed by atoms with van der Waals surface area (Å²) in [6, 6.07) is 0. The van der Waals surface area contributed by atoms with E-state index in [1.807, 2.05) is 11.8 Å². The molecular formula is C9H17NS. The van der Waals surface area contributed by atoms with Crippen LogP contribution in [0.2, 0.25) is 0 Å². The smallest absolute Gasteiger partial charge is 0.0758 e. The second kappa shape index (κ2) is 3.10. The van der Waals surface area contributed by atoms with Crippen molar-refractivity contribution in [3.05, 3.63) is 11.1 Å². The highest BCUT2D eigenvalue weighted by Gasteiger charge is 2.23. The Morgan fingerprint density at radius 1 is 1.55 bits per heavy atom. The molecule has 11 heavy (non-hydrogen) atoms. The van der Waals surface area contributed by atoms with Crippen molar-refractivity contribution in [3.8, 4) is 0 Å². The molecular weight excluding hydrogens is 154 g/mol. The number of allylic oxidation sites excluding steroid dienone is 1. The van der Waals surface area contributed by atoms with Gasteiger partial charge in [-0.3, -0.25) is 0 Å². The van der Waals surface area contributed by atoms with Crippen molar-refractivity contribution in [2.24, 2.45) is 5.41 Å². The van der Waals surface area contributed by atoms with E-state index in [2.05, 4.69) is 38.4 Å². The maximum atomic E-state index is 3.50. The van der Waals surface area contributed by atoms with Gasteiger partial charge in [-0.05, 0) is 11.8 Å². The minimum absolute atomic E-state index is 0.289. The first-order valence-corrected chi connectivity index (χ1v) is 5.11. The molecule has 0 aromatic heterocycles. The van der Waals surface area contributed by atoms with Crippen molar-refractivity contribution in [1.82, 2.24) is 5.32 Å². The van der Waals surface area contributed by atoms with Gasteiger partial charge in [0.05, 0.1) is 5.37 Å². The van der Waals surface area contributed by atoms with Gasteiger partial charge in [-0.2, -0.15) is 0 Å². The predicted molar refractivity (Wildman–Crippen MR) is 52.3 cm³/mol. The van der Waals surface area contributed by atoms with Crippen molar-refractivity contribution in [3.63, 3.8) is 0 Å². The van der Waals surface area contributed by atoms with E-state index in [0.29, 0.717) is 5.37 Å². The highest BCUT2D eigenvalue weighted by Crippen LogP contribution is 2.33. The van der Waals surface area contributed by atoms with E-state index in [1.165, 1.54) is 12.1 Å². The molecule has 0 aromatic rings. The maximum absolute atomic E-state index is 3.50. The minimum atomic E-state index is 0.289. The van der Waals surface area contributed by atoms with Crippen LogP contribution in [0, 0.1) is 5.41 Å². The molecule has 0 fully saturated rings. The van der Waals surface area contributed by atoms with Gasteiger partial charge >= 0.3 is 0 Å². The number of nitrogens with one attached hydrogen (secondary N) is 1. The van der Waals surface area contributed by atoms with Gasteiger partial charge in [0.15, 0.2) is 0 Å². The molecule has 1 unspecified atom stereocenters. The lowest BCUT2D eigenvalue weighted by atomic mass is 9.93. The summed E-state index contributed by atoms with van der Waals surface area (Å²) in [5, 5.41) is 6.38. The Bertz CT molecular complexity index is 167. The zero-order valence-electron chi connectivity index (χ0n) is 7.77. The van der Waals surface area contributed by atoms with E-state index in [0.717, 1.165) is 0 Å². The number of thioether (sulfide) groups is 1. The van der Waals surface area contributed by atoms with E-state index < -0.39 is 0 Å². The predicted octanol–water partition coefficient (Wildman–Crippen LogP) is 2.95. The van der Waals surface area contributed by atoms with Crippen LogP contribution in [0.3, 0.4) is 0 Å². The van der Waals surface area contributed by atoms with Gasteiger partial charge in [0, 0.05) is 11.1 Å². The first-order chi connectivity index (χ1) is 5.04. The van der Waals surface area contributed by atoms with Crippen molar-refractivity contribution < 1.29 is 0 Å². The highest BCUT2D eigenvalue weighted by atomic mass is 32.2. The van der Waals surface area contributed by atoms with E-state index in [-0.39, 0.29) is 5.41 Å². The third-order valence-electron chi connectivity index (χ3n) is 1.85. The molecule has 1 heterocycles. The average Bonchev–Trinajstić information content (AvgIpc) is 2.32. The van der Waals surface area contributed by atoms with E-state index >= 15 is 0 Å². The molecule has 2 heteroatoms. The minimum Gasteiger partial charge on any atom is -0.375 e. The summed E-state index contributed by atoms with van der Waals surface area (Å²) in [5.74, 6) is 0. The summed E-state index contributed by atoms with van der Waals surface area (Å²) < 4.78 is 0. The topological polar surface area (TPSA) is 12.0 Å². The SMILES string of the molecule is CCC1NC(C(C)(C)C)=CS1. The Morgan fingerprint density at radius 3 is 2.45 bits per heavy atom. The molecule has 0 spiro atoms. The molecule has 1 aliphatic rings. The van der Waals surface area contributed by atoms with Crippen molar-refractivity contribution in [2.75, 3.05) is 0 Å². The zero-order valence-corrected chi connectivity index (χ0v) is 8.59. The normalized spacial score (nSPS) is 24.7. The Hall–Kier alpha value is -0.110. The molecule has 0 bridgehead atoms. The zero-order chi connectivity index (χ0) is 8.48. The van der Waals surface area contributed by atoms with Gasteiger partial charge < -0.3 is 5.32 Å². The fraction of sp³-hybridized carbons (Fsp3) is 0.778. The van der Waals surface area contributed by atoms with Crippen LogP contribution in [0.25, 0.3) is 0 Å². The van der Waals surface area contributed by atoms with Gasteiger partial charge in [0.1, 0.15) is 0 Å². The van der Waals surface area contributed by atoms with E-state index in [9.17, 15) is 0 Å². The van der Waals surface area contributed by atoms with E-state index in [1.54, 1.807) is 0 Å². The lowest BCUT2D eigenvalue weighted by molar-refractivity contribution is 0.459. The summed E-state index contributed by atoms with van der Waals surface area (Å²) in [4.78, 5) is 0. The quantitative estimate of drug-likeness (QED) is 0.651. The standard InChI is InChI=1S/C9H17NS/c1-5-8-10-7(6-11-8)9(2,3)4/h6,8,10H,5H2,1-4H3. The van der Waals surface area contributed by atoms with Crippen LogP contribution >= 0.6 is 11.8 Å². The molecule has 0 radical (unpaired) electrons.